The molecule has 1 N–H and O–H groups in total. The van der Waals surface area contributed by atoms with Gasteiger partial charge >= 0.3 is 0 Å². The molecule has 3 unspecified atom stereocenters. The Morgan fingerprint density at radius 2 is 2.05 bits per heavy atom. The van der Waals surface area contributed by atoms with Crippen LogP contribution < -0.4 is 5.32 Å². The van der Waals surface area contributed by atoms with Crippen LogP contribution in [0.15, 0.2) is 18.2 Å². The van der Waals surface area contributed by atoms with Gasteiger partial charge in [-0.05, 0) is 62.1 Å². The second-order valence-electron chi connectivity index (χ2n) is 6.14. The lowest BCUT2D eigenvalue weighted by Crippen LogP contribution is -2.30. The normalized spacial score (nSPS) is 27.5. The van der Waals surface area contributed by atoms with Gasteiger partial charge in [-0.3, -0.25) is 0 Å². The van der Waals surface area contributed by atoms with Crippen molar-refractivity contribution in [2.75, 3.05) is 7.11 Å². The van der Waals surface area contributed by atoms with Crippen LogP contribution in [0.5, 0.6) is 0 Å². The Bertz CT molecular complexity index is 443. The molecule has 0 aromatic heterocycles. The Balaban J connectivity index is 1.62. The third-order valence-corrected chi connectivity index (χ3v) is 4.83. The number of benzene rings is 1. The molecule has 1 aromatic rings. The summed E-state index contributed by atoms with van der Waals surface area (Å²) in [5.74, 6) is 0. The van der Waals surface area contributed by atoms with Crippen molar-refractivity contribution >= 4 is 0 Å². The SMILES string of the molecule is COC1CCC(NC(C)c2ccc3c(c2)CCC3)C1. The molecule has 1 saturated carbocycles. The lowest BCUT2D eigenvalue weighted by atomic mass is 10.0. The average molecular weight is 259 g/mol. The van der Waals surface area contributed by atoms with Gasteiger partial charge in [0.25, 0.3) is 0 Å². The van der Waals surface area contributed by atoms with Crippen LogP contribution in [0.2, 0.25) is 0 Å². The molecular formula is C17H25NO. The summed E-state index contributed by atoms with van der Waals surface area (Å²) in [4.78, 5) is 0. The third kappa shape index (κ3) is 2.85. The van der Waals surface area contributed by atoms with Crippen molar-refractivity contribution in [3.63, 3.8) is 0 Å². The molecular weight excluding hydrogens is 234 g/mol. The van der Waals surface area contributed by atoms with E-state index in [4.69, 9.17) is 4.74 Å². The predicted molar refractivity (Wildman–Crippen MR) is 78.5 cm³/mol. The Morgan fingerprint density at radius 1 is 1.21 bits per heavy atom. The van der Waals surface area contributed by atoms with E-state index in [1.165, 1.54) is 37.7 Å². The van der Waals surface area contributed by atoms with Crippen LogP contribution in [0.1, 0.15) is 55.3 Å². The molecule has 19 heavy (non-hydrogen) atoms. The summed E-state index contributed by atoms with van der Waals surface area (Å²) in [7, 11) is 1.83. The Labute approximate surface area is 116 Å². The quantitative estimate of drug-likeness (QED) is 0.895. The number of nitrogens with one attached hydrogen (secondary N) is 1. The lowest BCUT2D eigenvalue weighted by Gasteiger charge is -2.20. The first-order valence-corrected chi connectivity index (χ1v) is 7.67. The smallest absolute Gasteiger partial charge is 0.0586 e. The van der Waals surface area contributed by atoms with Gasteiger partial charge in [0.2, 0.25) is 0 Å². The highest BCUT2D eigenvalue weighted by molar-refractivity contribution is 5.36. The van der Waals surface area contributed by atoms with Crippen molar-refractivity contribution in [1.29, 1.82) is 0 Å². The molecule has 3 rings (SSSR count). The van der Waals surface area contributed by atoms with Crippen LogP contribution in [0.3, 0.4) is 0 Å². The van der Waals surface area contributed by atoms with Crippen molar-refractivity contribution in [3.05, 3.63) is 34.9 Å². The monoisotopic (exact) mass is 259 g/mol. The maximum absolute atomic E-state index is 5.45. The minimum Gasteiger partial charge on any atom is -0.381 e. The zero-order chi connectivity index (χ0) is 13.2. The van der Waals surface area contributed by atoms with Gasteiger partial charge < -0.3 is 10.1 Å². The molecule has 0 bridgehead atoms. The van der Waals surface area contributed by atoms with Crippen LogP contribution in [0, 0.1) is 0 Å². The first kappa shape index (κ1) is 13.1. The summed E-state index contributed by atoms with van der Waals surface area (Å²) in [5, 5.41) is 3.77. The summed E-state index contributed by atoms with van der Waals surface area (Å²) in [6, 6.07) is 8.13. The number of rotatable bonds is 4. The van der Waals surface area contributed by atoms with Crippen molar-refractivity contribution in [3.8, 4) is 0 Å². The number of hydrogen-bond donors (Lipinski definition) is 1. The van der Waals surface area contributed by atoms with Gasteiger partial charge in [-0.15, -0.1) is 0 Å². The number of ether oxygens (including phenoxy) is 1. The molecule has 0 radical (unpaired) electrons. The molecule has 2 aliphatic carbocycles. The molecule has 0 spiro atoms. The molecule has 2 nitrogen and oxygen atoms in total. The van der Waals surface area contributed by atoms with Gasteiger partial charge in [-0.2, -0.15) is 0 Å². The molecule has 0 heterocycles. The first-order valence-electron chi connectivity index (χ1n) is 7.67. The van der Waals surface area contributed by atoms with Crippen molar-refractivity contribution in [2.24, 2.45) is 0 Å². The van der Waals surface area contributed by atoms with Crippen LogP contribution in [-0.4, -0.2) is 19.3 Å². The maximum Gasteiger partial charge on any atom is 0.0586 e. The fourth-order valence-electron chi connectivity index (χ4n) is 3.62. The summed E-state index contributed by atoms with van der Waals surface area (Å²) < 4.78 is 5.45. The Kier molecular flexibility index (Phi) is 3.90. The van der Waals surface area contributed by atoms with E-state index in [-0.39, 0.29) is 0 Å². The molecule has 3 atom stereocenters. The highest BCUT2D eigenvalue weighted by Gasteiger charge is 2.25. The Morgan fingerprint density at radius 3 is 2.84 bits per heavy atom. The van der Waals surface area contributed by atoms with Crippen LogP contribution in [0.4, 0.5) is 0 Å². The molecule has 104 valence electrons. The highest BCUT2D eigenvalue weighted by atomic mass is 16.5. The van der Waals surface area contributed by atoms with E-state index in [1.54, 1.807) is 11.1 Å². The zero-order valence-corrected chi connectivity index (χ0v) is 12.1. The van der Waals surface area contributed by atoms with E-state index in [0.29, 0.717) is 18.2 Å². The fourth-order valence-corrected chi connectivity index (χ4v) is 3.62. The van der Waals surface area contributed by atoms with E-state index in [2.05, 4.69) is 30.4 Å². The number of methoxy groups -OCH3 is 1. The molecule has 0 amide bonds. The first-order chi connectivity index (χ1) is 9.26. The minimum absolute atomic E-state index is 0.450. The van der Waals surface area contributed by atoms with Gasteiger partial charge in [-0.1, -0.05) is 18.2 Å². The predicted octanol–water partition coefficient (Wildman–Crippen LogP) is 3.39. The summed E-state index contributed by atoms with van der Waals surface area (Å²) in [6.07, 6.45) is 7.94. The van der Waals surface area contributed by atoms with Gasteiger partial charge in [0, 0.05) is 19.2 Å². The molecule has 1 fully saturated rings. The van der Waals surface area contributed by atoms with Gasteiger partial charge in [0.1, 0.15) is 0 Å². The standard InChI is InChI=1S/C17H25NO/c1-12(18-16-8-9-17(11-16)19-2)14-7-6-13-4-3-5-15(13)10-14/h6-7,10,12,16-18H,3-5,8-9,11H2,1-2H3. The fraction of sp³-hybridized carbons (Fsp3) is 0.647. The molecule has 2 heteroatoms. The van der Waals surface area contributed by atoms with Crippen molar-refractivity contribution in [2.45, 2.75) is 63.6 Å². The average Bonchev–Trinajstić information content (AvgIpc) is 3.05. The summed E-state index contributed by atoms with van der Waals surface area (Å²) in [5.41, 5.74) is 4.59. The topological polar surface area (TPSA) is 21.3 Å². The second-order valence-corrected chi connectivity index (χ2v) is 6.14. The summed E-state index contributed by atoms with van der Waals surface area (Å²) in [6.45, 7) is 2.29. The lowest BCUT2D eigenvalue weighted by molar-refractivity contribution is 0.106. The second kappa shape index (κ2) is 5.64. The minimum atomic E-state index is 0.450. The number of aryl methyl sites for hydroxylation is 2. The van der Waals surface area contributed by atoms with Gasteiger partial charge in [-0.25, -0.2) is 0 Å². The van der Waals surface area contributed by atoms with Crippen LogP contribution in [-0.2, 0) is 17.6 Å². The van der Waals surface area contributed by atoms with Crippen molar-refractivity contribution in [1.82, 2.24) is 5.32 Å². The van der Waals surface area contributed by atoms with E-state index in [9.17, 15) is 0 Å². The third-order valence-electron chi connectivity index (χ3n) is 4.83. The van der Waals surface area contributed by atoms with E-state index >= 15 is 0 Å². The van der Waals surface area contributed by atoms with Crippen LogP contribution in [0.25, 0.3) is 0 Å². The van der Waals surface area contributed by atoms with E-state index in [1.807, 2.05) is 7.11 Å². The maximum atomic E-state index is 5.45. The molecule has 0 aliphatic heterocycles. The highest BCUT2D eigenvalue weighted by Crippen LogP contribution is 2.27. The Hall–Kier alpha value is -0.860. The number of hydrogen-bond acceptors (Lipinski definition) is 2. The largest absolute Gasteiger partial charge is 0.381 e. The zero-order valence-electron chi connectivity index (χ0n) is 12.1. The molecule has 0 saturated heterocycles. The van der Waals surface area contributed by atoms with Gasteiger partial charge in [0.05, 0.1) is 6.10 Å². The number of fused-ring (bicyclic) bond motifs is 1. The molecule has 1 aromatic carbocycles. The summed E-state index contributed by atoms with van der Waals surface area (Å²) >= 11 is 0. The van der Waals surface area contributed by atoms with E-state index < -0.39 is 0 Å². The molecule has 2 aliphatic rings. The van der Waals surface area contributed by atoms with Gasteiger partial charge in [0.15, 0.2) is 0 Å². The van der Waals surface area contributed by atoms with Crippen molar-refractivity contribution < 1.29 is 4.74 Å². The van der Waals surface area contributed by atoms with E-state index in [0.717, 1.165) is 6.42 Å². The van der Waals surface area contributed by atoms with Crippen LogP contribution >= 0.6 is 0 Å².